The Kier molecular flexibility index (Phi) is 7.18. The summed E-state index contributed by atoms with van der Waals surface area (Å²) in [6, 6.07) is 10.5. The van der Waals surface area contributed by atoms with Gasteiger partial charge in [-0.05, 0) is 25.3 Å². The first kappa shape index (κ1) is 20.9. The van der Waals surface area contributed by atoms with Crippen molar-refractivity contribution in [1.82, 2.24) is 19.4 Å². The van der Waals surface area contributed by atoms with Crippen molar-refractivity contribution in [2.24, 2.45) is 5.92 Å². The summed E-state index contributed by atoms with van der Waals surface area (Å²) in [7, 11) is 0. The molecule has 0 spiro atoms. The zero-order valence-corrected chi connectivity index (χ0v) is 18.3. The molecule has 0 aliphatic carbocycles. The lowest BCUT2D eigenvalue weighted by Crippen LogP contribution is -2.48. The number of thioether (sulfide) groups is 1. The van der Waals surface area contributed by atoms with Crippen LogP contribution in [0.4, 0.5) is 0 Å². The van der Waals surface area contributed by atoms with Gasteiger partial charge in [-0.3, -0.25) is 9.69 Å². The maximum atomic E-state index is 12.7. The van der Waals surface area contributed by atoms with Gasteiger partial charge in [0.15, 0.2) is 5.16 Å². The fourth-order valence-corrected chi connectivity index (χ4v) is 4.53. The van der Waals surface area contributed by atoms with E-state index >= 15 is 0 Å². The van der Waals surface area contributed by atoms with E-state index in [0.717, 1.165) is 50.1 Å². The third kappa shape index (κ3) is 5.39. The summed E-state index contributed by atoms with van der Waals surface area (Å²) in [6.07, 6.45) is 0. The molecule has 1 aromatic heterocycles. The van der Waals surface area contributed by atoms with Gasteiger partial charge in [-0.25, -0.2) is 4.98 Å². The molecule has 152 valence electrons. The predicted molar refractivity (Wildman–Crippen MR) is 116 cm³/mol. The molecule has 0 unspecified atom stereocenters. The van der Waals surface area contributed by atoms with E-state index in [1.54, 1.807) is 11.8 Å². The van der Waals surface area contributed by atoms with Crippen LogP contribution in [-0.4, -0.2) is 57.2 Å². The second-order valence-corrected chi connectivity index (χ2v) is 8.94. The van der Waals surface area contributed by atoms with Gasteiger partial charge < -0.3 is 9.47 Å². The molecule has 28 heavy (non-hydrogen) atoms. The van der Waals surface area contributed by atoms with E-state index in [1.165, 1.54) is 11.3 Å². The number of nitrogens with zero attached hydrogens (tertiary/aromatic N) is 4. The topological polar surface area (TPSA) is 41.4 Å². The molecule has 0 radical (unpaired) electrons. The van der Waals surface area contributed by atoms with Crippen molar-refractivity contribution in [2.75, 3.05) is 31.9 Å². The van der Waals surface area contributed by atoms with E-state index in [0.29, 0.717) is 11.7 Å². The molecule has 3 rings (SSSR count). The van der Waals surface area contributed by atoms with Crippen LogP contribution in [0.3, 0.4) is 0 Å². The Morgan fingerprint density at radius 3 is 2.43 bits per heavy atom. The lowest BCUT2D eigenvalue weighted by atomic mass is 10.2. The van der Waals surface area contributed by atoms with Crippen LogP contribution in [-0.2, 0) is 17.9 Å². The summed E-state index contributed by atoms with van der Waals surface area (Å²) >= 11 is 1.58. The number of amides is 1. The molecule has 1 aliphatic heterocycles. The number of piperazine rings is 1. The van der Waals surface area contributed by atoms with Gasteiger partial charge >= 0.3 is 0 Å². The van der Waals surface area contributed by atoms with Gasteiger partial charge in [0.2, 0.25) is 5.91 Å². The fourth-order valence-electron chi connectivity index (χ4n) is 3.53. The van der Waals surface area contributed by atoms with Crippen LogP contribution >= 0.6 is 11.8 Å². The number of hydrogen-bond acceptors (Lipinski definition) is 4. The Morgan fingerprint density at radius 1 is 1.11 bits per heavy atom. The van der Waals surface area contributed by atoms with E-state index in [1.807, 2.05) is 17.9 Å². The Labute approximate surface area is 173 Å². The van der Waals surface area contributed by atoms with Gasteiger partial charge in [-0.2, -0.15) is 0 Å². The van der Waals surface area contributed by atoms with Crippen molar-refractivity contribution in [2.45, 2.75) is 45.9 Å². The second-order valence-electron chi connectivity index (χ2n) is 8.00. The lowest BCUT2D eigenvalue weighted by Gasteiger charge is -2.34. The van der Waals surface area contributed by atoms with Crippen LogP contribution in [0, 0.1) is 19.8 Å². The van der Waals surface area contributed by atoms with Crippen LogP contribution in [0.25, 0.3) is 0 Å². The SMILES string of the molecule is Cc1nc(SCC(=O)N2CCN(Cc3ccccc3)CC2)n(CC(C)C)c1C. The summed E-state index contributed by atoms with van der Waals surface area (Å²) in [5.74, 6) is 1.24. The van der Waals surface area contributed by atoms with Crippen molar-refractivity contribution in [3.8, 4) is 0 Å². The standard InChI is InChI=1S/C22H32N4OS/c1-17(2)14-26-19(4)18(3)23-22(26)28-16-21(27)25-12-10-24(11-13-25)15-20-8-6-5-7-9-20/h5-9,17H,10-16H2,1-4H3. The van der Waals surface area contributed by atoms with E-state index in [-0.39, 0.29) is 5.91 Å². The first-order valence-corrected chi connectivity index (χ1v) is 11.1. The summed E-state index contributed by atoms with van der Waals surface area (Å²) < 4.78 is 2.26. The lowest BCUT2D eigenvalue weighted by molar-refractivity contribution is -0.130. The summed E-state index contributed by atoms with van der Waals surface area (Å²) in [6.45, 7) is 14.0. The van der Waals surface area contributed by atoms with E-state index in [4.69, 9.17) is 0 Å². The Morgan fingerprint density at radius 2 is 1.79 bits per heavy atom. The van der Waals surface area contributed by atoms with Gasteiger partial charge in [0, 0.05) is 45.0 Å². The van der Waals surface area contributed by atoms with E-state index < -0.39 is 0 Å². The molecule has 2 aromatic rings. The molecule has 1 fully saturated rings. The number of benzene rings is 1. The highest BCUT2D eigenvalue weighted by molar-refractivity contribution is 7.99. The minimum absolute atomic E-state index is 0.221. The van der Waals surface area contributed by atoms with Crippen LogP contribution < -0.4 is 0 Å². The fraction of sp³-hybridized carbons (Fsp3) is 0.545. The smallest absolute Gasteiger partial charge is 0.233 e. The minimum Gasteiger partial charge on any atom is -0.339 e. The summed E-state index contributed by atoms with van der Waals surface area (Å²) in [4.78, 5) is 21.8. The number of rotatable bonds is 7. The maximum Gasteiger partial charge on any atom is 0.233 e. The summed E-state index contributed by atoms with van der Waals surface area (Å²) in [5, 5.41) is 0.972. The van der Waals surface area contributed by atoms with Crippen molar-refractivity contribution in [3.05, 3.63) is 47.3 Å². The molecule has 6 heteroatoms. The van der Waals surface area contributed by atoms with E-state index in [2.05, 4.69) is 59.5 Å². The van der Waals surface area contributed by atoms with Gasteiger partial charge in [0.05, 0.1) is 11.4 Å². The zero-order valence-electron chi connectivity index (χ0n) is 17.5. The highest BCUT2D eigenvalue weighted by Crippen LogP contribution is 2.23. The van der Waals surface area contributed by atoms with Crippen LogP contribution in [0.1, 0.15) is 30.8 Å². The third-order valence-corrected chi connectivity index (χ3v) is 6.23. The number of aryl methyl sites for hydroxylation is 1. The number of hydrogen-bond donors (Lipinski definition) is 0. The van der Waals surface area contributed by atoms with Gasteiger partial charge in [0.25, 0.3) is 0 Å². The molecule has 0 atom stereocenters. The van der Waals surface area contributed by atoms with Crippen molar-refractivity contribution in [3.63, 3.8) is 0 Å². The quantitative estimate of drug-likeness (QED) is 0.666. The first-order chi connectivity index (χ1) is 13.4. The second kappa shape index (κ2) is 9.61. The molecule has 1 amide bonds. The Balaban J connectivity index is 1.49. The molecule has 0 N–H and O–H groups in total. The van der Waals surface area contributed by atoms with Gasteiger partial charge in [0.1, 0.15) is 0 Å². The molecule has 1 aliphatic rings. The van der Waals surface area contributed by atoms with Crippen molar-refractivity contribution >= 4 is 17.7 Å². The van der Waals surface area contributed by atoms with Crippen LogP contribution in [0.5, 0.6) is 0 Å². The number of aromatic nitrogens is 2. The Bertz CT molecular complexity index is 779. The average molecular weight is 401 g/mol. The molecule has 1 saturated heterocycles. The average Bonchev–Trinajstić information content (AvgIpc) is 2.95. The zero-order chi connectivity index (χ0) is 20.1. The number of imidazole rings is 1. The van der Waals surface area contributed by atoms with Gasteiger partial charge in [-0.1, -0.05) is 55.9 Å². The molecule has 1 aromatic carbocycles. The highest BCUT2D eigenvalue weighted by atomic mass is 32.2. The molecule has 0 saturated carbocycles. The van der Waals surface area contributed by atoms with Crippen molar-refractivity contribution in [1.29, 1.82) is 0 Å². The number of carbonyl (C=O) groups excluding carboxylic acids is 1. The maximum absolute atomic E-state index is 12.7. The molecular weight excluding hydrogens is 368 g/mol. The Hall–Kier alpha value is -1.79. The normalized spacial score (nSPS) is 15.4. The minimum atomic E-state index is 0.221. The molecular formula is C22H32N4OS. The largest absolute Gasteiger partial charge is 0.339 e. The number of carbonyl (C=O) groups is 1. The first-order valence-electron chi connectivity index (χ1n) is 10.1. The monoisotopic (exact) mass is 400 g/mol. The molecule has 5 nitrogen and oxygen atoms in total. The summed E-state index contributed by atoms with van der Waals surface area (Å²) in [5.41, 5.74) is 3.60. The van der Waals surface area contributed by atoms with Crippen LogP contribution in [0.15, 0.2) is 35.5 Å². The van der Waals surface area contributed by atoms with Crippen LogP contribution in [0.2, 0.25) is 0 Å². The van der Waals surface area contributed by atoms with Crippen molar-refractivity contribution < 1.29 is 4.79 Å². The highest BCUT2D eigenvalue weighted by Gasteiger charge is 2.22. The molecule has 2 heterocycles. The molecule has 0 bridgehead atoms. The van der Waals surface area contributed by atoms with E-state index in [9.17, 15) is 4.79 Å². The van der Waals surface area contributed by atoms with Gasteiger partial charge in [-0.15, -0.1) is 0 Å². The third-order valence-electron chi connectivity index (χ3n) is 5.27. The predicted octanol–water partition coefficient (Wildman–Crippen LogP) is 3.59.